The largest absolute Gasteiger partial charge is 0.393 e. The van der Waals surface area contributed by atoms with E-state index in [9.17, 15) is 10.1 Å². The van der Waals surface area contributed by atoms with E-state index in [1.165, 1.54) is 12.1 Å². The molecule has 0 aromatic heterocycles. The SMILES string of the molecule is [N-]=[N+]=NCC#Cc1cccc(N)c1[N+](=O)[O-]. The molecule has 0 amide bonds. The van der Waals surface area contributed by atoms with Crippen LogP contribution in [-0.4, -0.2) is 11.5 Å². The zero-order valence-electron chi connectivity index (χ0n) is 8.12. The van der Waals surface area contributed by atoms with Gasteiger partial charge in [0, 0.05) is 4.91 Å². The third-order valence-corrected chi connectivity index (χ3v) is 1.69. The average molecular weight is 217 g/mol. The van der Waals surface area contributed by atoms with Crippen molar-refractivity contribution in [1.29, 1.82) is 0 Å². The molecular formula is C9H7N5O2. The number of nitrogens with zero attached hydrogens (tertiary/aromatic N) is 4. The van der Waals surface area contributed by atoms with Crippen molar-refractivity contribution in [2.75, 3.05) is 12.3 Å². The molecule has 0 unspecified atom stereocenters. The maximum absolute atomic E-state index is 10.7. The molecular weight excluding hydrogens is 210 g/mol. The standard InChI is InChI=1S/C9H7N5O2/c10-8-5-1-3-7(9(8)14(15)16)4-2-6-12-13-11/h1,3,5H,6,10H2. The van der Waals surface area contributed by atoms with Crippen LogP contribution in [0.1, 0.15) is 5.56 Å². The number of azide groups is 1. The van der Waals surface area contributed by atoms with Gasteiger partial charge in [-0.3, -0.25) is 10.1 Å². The molecule has 1 aromatic carbocycles. The summed E-state index contributed by atoms with van der Waals surface area (Å²) in [5.41, 5.74) is 13.5. The Hall–Kier alpha value is -2.71. The molecule has 0 heterocycles. The maximum atomic E-state index is 10.7. The Morgan fingerprint density at radius 2 is 2.38 bits per heavy atom. The highest BCUT2D eigenvalue weighted by Crippen LogP contribution is 2.24. The number of para-hydroxylation sites is 1. The minimum absolute atomic E-state index is 0.0392. The molecule has 1 aromatic rings. The zero-order chi connectivity index (χ0) is 12.0. The van der Waals surface area contributed by atoms with Crippen molar-refractivity contribution in [2.24, 2.45) is 5.11 Å². The topological polar surface area (TPSA) is 118 Å². The molecule has 0 saturated carbocycles. The summed E-state index contributed by atoms with van der Waals surface area (Å²) >= 11 is 0. The highest BCUT2D eigenvalue weighted by atomic mass is 16.6. The van der Waals surface area contributed by atoms with Crippen molar-refractivity contribution in [3.05, 3.63) is 44.3 Å². The van der Waals surface area contributed by atoms with Crippen LogP contribution in [0, 0.1) is 22.0 Å². The summed E-state index contributed by atoms with van der Waals surface area (Å²) in [7, 11) is 0. The van der Waals surface area contributed by atoms with E-state index in [2.05, 4.69) is 21.9 Å². The molecule has 80 valence electrons. The van der Waals surface area contributed by atoms with Crippen LogP contribution in [0.3, 0.4) is 0 Å². The van der Waals surface area contributed by atoms with Gasteiger partial charge in [-0.05, 0) is 17.7 Å². The summed E-state index contributed by atoms with van der Waals surface area (Å²) in [6, 6.07) is 4.48. The summed E-state index contributed by atoms with van der Waals surface area (Å²) < 4.78 is 0. The fraction of sp³-hybridized carbons (Fsp3) is 0.111. The van der Waals surface area contributed by atoms with Gasteiger partial charge in [-0.25, -0.2) is 0 Å². The summed E-state index contributed by atoms with van der Waals surface area (Å²) in [4.78, 5) is 12.6. The maximum Gasteiger partial charge on any atom is 0.307 e. The Balaban J connectivity index is 3.11. The predicted octanol–water partition coefficient (Wildman–Crippen LogP) is 1.84. The first-order chi connectivity index (χ1) is 7.66. The van der Waals surface area contributed by atoms with Crippen LogP contribution in [0.25, 0.3) is 10.4 Å². The molecule has 2 N–H and O–H groups in total. The number of benzene rings is 1. The van der Waals surface area contributed by atoms with Gasteiger partial charge in [-0.15, -0.1) is 0 Å². The number of nitro benzene ring substituents is 1. The first-order valence-corrected chi connectivity index (χ1v) is 4.19. The zero-order valence-corrected chi connectivity index (χ0v) is 8.12. The van der Waals surface area contributed by atoms with Crippen LogP contribution in [-0.2, 0) is 0 Å². The molecule has 0 spiro atoms. The lowest BCUT2D eigenvalue weighted by atomic mass is 10.1. The van der Waals surface area contributed by atoms with Crippen molar-refractivity contribution in [1.82, 2.24) is 0 Å². The Kier molecular flexibility index (Phi) is 3.72. The molecule has 1 rings (SSSR count). The third-order valence-electron chi connectivity index (χ3n) is 1.69. The van der Waals surface area contributed by atoms with Gasteiger partial charge in [0.15, 0.2) is 0 Å². The summed E-state index contributed by atoms with van der Waals surface area (Å²) in [5, 5.41) is 13.9. The van der Waals surface area contributed by atoms with E-state index in [0.717, 1.165) is 0 Å². The second-order valence-corrected chi connectivity index (χ2v) is 2.69. The molecule has 0 aliphatic rings. The van der Waals surface area contributed by atoms with Crippen molar-refractivity contribution >= 4 is 11.4 Å². The van der Waals surface area contributed by atoms with E-state index in [1.807, 2.05) is 0 Å². The lowest BCUT2D eigenvalue weighted by Crippen LogP contribution is -1.98. The summed E-state index contributed by atoms with van der Waals surface area (Å²) in [5.74, 6) is 5.03. The first-order valence-electron chi connectivity index (χ1n) is 4.19. The van der Waals surface area contributed by atoms with Crippen LogP contribution < -0.4 is 5.73 Å². The van der Waals surface area contributed by atoms with Crippen molar-refractivity contribution < 1.29 is 4.92 Å². The molecule has 0 fully saturated rings. The molecule has 0 aliphatic carbocycles. The Morgan fingerprint density at radius 1 is 1.62 bits per heavy atom. The van der Waals surface area contributed by atoms with Gasteiger partial charge < -0.3 is 5.73 Å². The van der Waals surface area contributed by atoms with Crippen molar-refractivity contribution in [3.8, 4) is 11.8 Å². The molecule has 7 nitrogen and oxygen atoms in total. The van der Waals surface area contributed by atoms with E-state index in [4.69, 9.17) is 11.3 Å². The second kappa shape index (κ2) is 5.24. The van der Waals surface area contributed by atoms with Crippen LogP contribution in [0.5, 0.6) is 0 Å². The lowest BCUT2D eigenvalue weighted by Gasteiger charge is -1.98. The number of nitrogens with two attached hydrogens (primary N) is 1. The number of rotatable bonds is 2. The predicted molar refractivity (Wildman–Crippen MR) is 58.4 cm³/mol. The van der Waals surface area contributed by atoms with Crippen molar-refractivity contribution in [2.45, 2.75) is 0 Å². The molecule has 7 heteroatoms. The minimum Gasteiger partial charge on any atom is -0.393 e. The molecule has 0 bridgehead atoms. The van der Waals surface area contributed by atoms with Gasteiger partial charge in [0.1, 0.15) is 11.3 Å². The number of anilines is 1. The van der Waals surface area contributed by atoms with E-state index >= 15 is 0 Å². The minimum atomic E-state index is -0.590. The fourth-order valence-electron chi connectivity index (χ4n) is 1.07. The fourth-order valence-corrected chi connectivity index (χ4v) is 1.07. The Morgan fingerprint density at radius 3 is 3.00 bits per heavy atom. The van der Waals surface area contributed by atoms with Gasteiger partial charge in [-0.2, -0.15) is 0 Å². The molecule has 0 aliphatic heterocycles. The molecule has 0 radical (unpaired) electrons. The third kappa shape index (κ3) is 2.64. The molecule has 0 saturated heterocycles. The quantitative estimate of drug-likeness (QED) is 0.155. The molecule has 0 atom stereocenters. The van der Waals surface area contributed by atoms with Crippen molar-refractivity contribution in [3.63, 3.8) is 0 Å². The Bertz CT molecular complexity index is 522. The highest BCUT2D eigenvalue weighted by molar-refractivity contribution is 5.66. The van der Waals surface area contributed by atoms with Gasteiger partial charge >= 0.3 is 5.69 Å². The van der Waals surface area contributed by atoms with Crippen LogP contribution in [0.15, 0.2) is 23.3 Å². The van der Waals surface area contributed by atoms with E-state index in [-0.39, 0.29) is 23.5 Å². The lowest BCUT2D eigenvalue weighted by molar-refractivity contribution is -0.384. The Labute approximate surface area is 90.7 Å². The summed E-state index contributed by atoms with van der Waals surface area (Å²) in [6.45, 7) is -0.0392. The van der Waals surface area contributed by atoms with Crippen LogP contribution in [0.4, 0.5) is 11.4 Å². The smallest absolute Gasteiger partial charge is 0.307 e. The van der Waals surface area contributed by atoms with Crippen LogP contribution >= 0.6 is 0 Å². The second-order valence-electron chi connectivity index (χ2n) is 2.69. The average Bonchev–Trinajstić information content (AvgIpc) is 2.24. The highest BCUT2D eigenvalue weighted by Gasteiger charge is 2.15. The van der Waals surface area contributed by atoms with Gasteiger partial charge in [0.05, 0.1) is 11.5 Å². The normalized spacial score (nSPS) is 8.50. The number of nitrogen functional groups attached to an aromatic ring is 1. The van der Waals surface area contributed by atoms with Gasteiger partial charge in [-0.1, -0.05) is 23.0 Å². The van der Waals surface area contributed by atoms with Gasteiger partial charge in [0.2, 0.25) is 0 Å². The van der Waals surface area contributed by atoms with E-state index in [0.29, 0.717) is 0 Å². The number of hydrogen-bond donors (Lipinski definition) is 1. The van der Waals surface area contributed by atoms with E-state index in [1.54, 1.807) is 6.07 Å². The van der Waals surface area contributed by atoms with Gasteiger partial charge in [0.25, 0.3) is 0 Å². The number of nitro groups is 1. The number of hydrogen-bond acceptors (Lipinski definition) is 4. The first kappa shape index (κ1) is 11.4. The molecule has 16 heavy (non-hydrogen) atoms. The van der Waals surface area contributed by atoms with E-state index < -0.39 is 4.92 Å². The van der Waals surface area contributed by atoms with Crippen LogP contribution in [0.2, 0.25) is 0 Å². The summed E-state index contributed by atoms with van der Waals surface area (Å²) in [6.07, 6.45) is 0. The monoisotopic (exact) mass is 217 g/mol.